The topological polar surface area (TPSA) is 92.9 Å². The molecule has 1 heterocycles. The molecule has 0 spiro atoms. The van der Waals surface area contributed by atoms with Gasteiger partial charge in [-0.3, -0.25) is 0 Å². The van der Waals surface area contributed by atoms with E-state index in [1.807, 2.05) is 0 Å². The molecular weight excluding hydrogens is 316 g/mol. The van der Waals surface area contributed by atoms with Crippen molar-refractivity contribution in [1.29, 1.82) is 0 Å². The van der Waals surface area contributed by atoms with Crippen molar-refractivity contribution >= 4 is 12.0 Å². The van der Waals surface area contributed by atoms with E-state index < -0.39 is 5.97 Å². The van der Waals surface area contributed by atoms with Gasteiger partial charge in [-0.05, 0) is 23.8 Å². The second-order valence-corrected chi connectivity index (χ2v) is 4.61. The molecule has 0 aliphatic carbocycles. The SMILES string of the molecule is COc1cc(/C=C/C(=O)OCc2nnc(C)o2)cc(OC)c1OC. The third-order valence-electron chi connectivity index (χ3n) is 3.00. The molecule has 0 bridgehead atoms. The van der Waals surface area contributed by atoms with E-state index in [2.05, 4.69) is 10.2 Å². The average Bonchev–Trinajstić information content (AvgIpc) is 3.02. The lowest BCUT2D eigenvalue weighted by Crippen LogP contribution is -2.01. The van der Waals surface area contributed by atoms with Crippen LogP contribution in [0.3, 0.4) is 0 Å². The molecule has 0 saturated carbocycles. The minimum absolute atomic E-state index is 0.0841. The zero-order valence-corrected chi connectivity index (χ0v) is 13.9. The Bertz CT molecular complexity index is 713. The van der Waals surface area contributed by atoms with E-state index in [-0.39, 0.29) is 12.5 Å². The molecule has 0 fully saturated rings. The maximum absolute atomic E-state index is 11.7. The number of esters is 1. The summed E-state index contributed by atoms with van der Waals surface area (Å²) < 4.78 is 25.9. The number of carbonyl (C=O) groups is 1. The molecule has 24 heavy (non-hydrogen) atoms. The molecule has 0 saturated heterocycles. The molecule has 0 atom stereocenters. The summed E-state index contributed by atoms with van der Waals surface area (Å²) in [6, 6.07) is 3.43. The van der Waals surface area contributed by atoms with E-state index in [9.17, 15) is 4.79 Å². The predicted octanol–water partition coefficient (Wildman–Crippen LogP) is 2.16. The number of ether oxygens (including phenoxy) is 4. The van der Waals surface area contributed by atoms with Crippen LogP contribution in [0.4, 0.5) is 0 Å². The van der Waals surface area contributed by atoms with E-state index in [1.54, 1.807) is 25.1 Å². The largest absolute Gasteiger partial charge is 0.493 e. The van der Waals surface area contributed by atoms with Crippen LogP contribution < -0.4 is 14.2 Å². The van der Waals surface area contributed by atoms with Gasteiger partial charge >= 0.3 is 5.97 Å². The zero-order valence-electron chi connectivity index (χ0n) is 13.9. The third kappa shape index (κ3) is 4.25. The summed E-state index contributed by atoms with van der Waals surface area (Å²) in [5.74, 6) is 1.57. The molecule has 128 valence electrons. The first-order chi connectivity index (χ1) is 11.6. The van der Waals surface area contributed by atoms with Crippen LogP contribution in [-0.4, -0.2) is 37.5 Å². The summed E-state index contributed by atoms with van der Waals surface area (Å²) in [5, 5.41) is 7.38. The van der Waals surface area contributed by atoms with Crippen LogP contribution in [0.1, 0.15) is 17.3 Å². The molecule has 8 heteroatoms. The lowest BCUT2D eigenvalue weighted by Gasteiger charge is -2.12. The Hall–Kier alpha value is -3.03. The summed E-state index contributed by atoms with van der Waals surface area (Å²) in [5.41, 5.74) is 0.690. The molecule has 0 radical (unpaired) electrons. The van der Waals surface area contributed by atoms with Crippen LogP contribution in [0.15, 0.2) is 22.6 Å². The van der Waals surface area contributed by atoms with Gasteiger partial charge in [-0.15, -0.1) is 10.2 Å². The van der Waals surface area contributed by atoms with Gasteiger partial charge in [-0.25, -0.2) is 4.79 Å². The molecule has 0 unspecified atom stereocenters. The second-order valence-electron chi connectivity index (χ2n) is 4.61. The number of methoxy groups -OCH3 is 3. The Morgan fingerprint density at radius 1 is 1.12 bits per heavy atom. The van der Waals surface area contributed by atoms with Crippen molar-refractivity contribution in [2.75, 3.05) is 21.3 Å². The highest BCUT2D eigenvalue weighted by molar-refractivity contribution is 5.87. The quantitative estimate of drug-likeness (QED) is 0.562. The molecule has 1 aromatic heterocycles. The Morgan fingerprint density at radius 3 is 2.29 bits per heavy atom. The maximum atomic E-state index is 11.7. The first-order valence-corrected chi connectivity index (χ1v) is 7.01. The van der Waals surface area contributed by atoms with E-state index in [1.165, 1.54) is 27.4 Å². The van der Waals surface area contributed by atoms with Crippen molar-refractivity contribution in [3.8, 4) is 17.2 Å². The Kier molecular flexibility index (Phi) is 5.78. The summed E-state index contributed by atoms with van der Waals surface area (Å²) in [7, 11) is 4.56. The molecule has 8 nitrogen and oxygen atoms in total. The number of nitrogens with zero attached hydrogens (tertiary/aromatic N) is 2. The van der Waals surface area contributed by atoms with Gasteiger partial charge in [0.25, 0.3) is 5.89 Å². The molecule has 2 rings (SSSR count). The number of hydrogen-bond donors (Lipinski definition) is 0. The van der Waals surface area contributed by atoms with Crippen molar-refractivity contribution in [1.82, 2.24) is 10.2 Å². The van der Waals surface area contributed by atoms with Crippen LogP contribution in [0, 0.1) is 6.92 Å². The summed E-state index contributed by atoms with van der Waals surface area (Å²) >= 11 is 0. The normalized spacial score (nSPS) is 10.7. The minimum Gasteiger partial charge on any atom is -0.493 e. The van der Waals surface area contributed by atoms with Crippen molar-refractivity contribution in [3.63, 3.8) is 0 Å². The van der Waals surface area contributed by atoms with Gasteiger partial charge in [0.2, 0.25) is 11.6 Å². The van der Waals surface area contributed by atoms with Crippen molar-refractivity contribution < 1.29 is 28.2 Å². The fraction of sp³-hybridized carbons (Fsp3) is 0.312. The molecule has 0 aliphatic heterocycles. The Labute approximate surface area is 139 Å². The Morgan fingerprint density at radius 2 is 1.79 bits per heavy atom. The number of benzene rings is 1. The lowest BCUT2D eigenvalue weighted by molar-refractivity contribution is -0.139. The number of aryl methyl sites for hydroxylation is 1. The maximum Gasteiger partial charge on any atom is 0.331 e. The van der Waals surface area contributed by atoms with E-state index in [4.69, 9.17) is 23.4 Å². The standard InChI is InChI=1S/C16H18N2O6/c1-10-17-18-14(24-10)9-23-15(19)6-5-11-7-12(20-2)16(22-4)13(8-11)21-3/h5-8H,9H2,1-4H3/b6-5+. The van der Waals surface area contributed by atoms with Crippen LogP contribution in [0.25, 0.3) is 6.08 Å². The molecule has 0 amide bonds. The van der Waals surface area contributed by atoms with E-state index in [0.29, 0.717) is 28.7 Å². The van der Waals surface area contributed by atoms with Gasteiger partial charge < -0.3 is 23.4 Å². The van der Waals surface area contributed by atoms with Gasteiger partial charge in [0.05, 0.1) is 21.3 Å². The van der Waals surface area contributed by atoms with E-state index in [0.717, 1.165) is 0 Å². The van der Waals surface area contributed by atoms with Crippen LogP contribution in [0.2, 0.25) is 0 Å². The van der Waals surface area contributed by atoms with Gasteiger partial charge in [-0.1, -0.05) is 0 Å². The highest BCUT2D eigenvalue weighted by atomic mass is 16.5. The minimum atomic E-state index is -0.542. The molecular formula is C16H18N2O6. The van der Waals surface area contributed by atoms with Gasteiger partial charge in [0.1, 0.15) is 0 Å². The monoisotopic (exact) mass is 334 g/mol. The van der Waals surface area contributed by atoms with Crippen LogP contribution in [0.5, 0.6) is 17.2 Å². The summed E-state index contributed by atoms with van der Waals surface area (Å²) in [6.45, 7) is 1.57. The number of hydrogen-bond acceptors (Lipinski definition) is 8. The first kappa shape index (κ1) is 17.3. The average molecular weight is 334 g/mol. The van der Waals surface area contributed by atoms with Crippen molar-refractivity contribution in [2.45, 2.75) is 13.5 Å². The predicted molar refractivity (Wildman–Crippen MR) is 84.0 cm³/mol. The fourth-order valence-electron chi connectivity index (χ4n) is 1.94. The molecule has 0 aliphatic rings. The highest BCUT2D eigenvalue weighted by Crippen LogP contribution is 2.38. The third-order valence-corrected chi connectivity index (χ3v) is 3.00. The van der Waals surface area contributed by atoms with Gasteiger partial charge in [0, 0.05) is 13.0 Å². The van der Waals surface area contributed by atoms with Crippen molar-refractivity contribution in [3.05, 3.63) is 35.6 Å². The van der Waals surface area contributed by atoms with E-state index >= 15 is 0 Å². The first-order valence-electron chi connectivity index (χ1n) is 7.01. The summed E-state index contributed by atoms with van der Waals surface area (Å²) in [4.78, 5) is 11.7. The lowest BCUT2D eigenvalue weighted by atomic mass is 10.1. The van der Waals surface area contributed by atoms with Crippen molar-refractivity contribution in [2.24, 2.45) is 0 Å². The Balaban J connectivity index is 2.06. The number of carbonyl (C=O) groups excluding carboxylic acids is 1. The number of rotatable bonds is 7. The molecule has 1 aromatic carbocycles. The molecule has 0 N–H and O–H groups in total. The molecule has 2 aromatic rings. The second kappa shape index (κ2) is 8.00. The van der Waals surface area contributed by atoms with Gasteiger partial charge in [-0.2, -0.15) is 0 Å². The van der Waals surface area contributed by atoms with Gasteiger partial charge in [0.15, 0.2) is 18.1 Å². The summed E-state index contributed by atoms with van der Waals surface area (Å²) in [6.07, 6.45) is 2.86. The number of aromatic nitrogens is 2. The highest BCUT2D eigenvalue weighted by Gasteiger charge is 2.12. The van der Waals surface area contributed by atoms with Crippen LogP contribution in [-0.2, 0) is 16.1 Å². The fourth-order valence-corrected chi connectivity index (χ4v) is 1.94. The smallest absolute Gasteiger partial charge is 0.331 e. The van der Waals surface area contributed by atoms with Crippen LogP contribution >= 0.6 is 0 Å². The zero-order chi connectivity index (χ0) is 17.5.